The van der Waals surface area contributed by atoms with Gasteiger partial charge in [0.25, 0.3) is 11.1 Å². The number of aromatic nitrogens is 8. The Bertz CT molecular complexity index is 1340. The molecule has 1 saturated heterocycles. The fourth-order valence-corrected chi connectivity index (χ4v) is 3.39. The second-order valence-electron chi connectivity index (χ2n) is 7.13. The third-order valence-corrected chi connectivity index (χ3v) is 4.92. The van der Waals surface area contributed by atoms with Crippen LogP contribution < -0.4 is 16.9 Å². The quantitative estimate of drug-likeness (QED) is 0.207. The molecular formula is C18H23N9O6. The summed E-state index contributed by atoms with van der Waals surface area (Å²) in [7, 11) is 0. The standard InChI is InChI=1S/C10H12N4O3.C8H11N5O3/c15-3-6-1-2-7(17-6)14-5-13-8-9(14)11-4-12-10(8)16;9-8-11-6-5(7(15)12-8)10-3-13(6)4-16-2-1-14/h4-7,15H,1-3H2,(H,11,12,16);3,14H,1-2,4H2,(H3,9,11,12,15)/t6-,7+;/m0./s1. The van der Waals surface area contributed by atoms with Crippen LogP contribution in [0.1, 0.15) is 19.1 Å². The fourth-order valence-electron chi connectivity index (χ4n) is 3.39. The van der Waals surface area contributed by atoms with Crippen LogP contribution in [0.15, 0.2) is 28.6 Å². The maximum absolute atomic E-state index is 11.5. The van der Waals surface area contributed by atoms with E-state index in [9.17, 15) is 9.59 Å². The molecule has 15 nitrogen and oxygen atoms in total. The largest absolute Gasteiger partial charge is 0.394 e. The van der Waals surface area contributed by atoms with Crippen molar-refractivity contribution in [1.82, 2.24) is 39.0 Å². The van der Waals surface area contributed by atoms with Gasteiger partial charge in [0.2, 0.25) is 5.95 Å². The van der Waals surface area contributed by atoms with Gasteiger partial charge in [0.15, 0.2) is 22.3 Å². The number of aliphatic hydroxyl groups excluding tert-OH is 2. The maximum Gasteiger partial charge on any atom is 0.280 e. The molecule has 15 heteroatoms. The van der Waals surface area contributed by atoms with Crippen LogP contribution in [0.5, 0.6) is 0 Å². The molecule has 33 heavy (non-hydrogen) atoms. The number of nitrogen functional groups attached to an aromatic ring is 1. The van der Waals surface area contributed by atoms with Gasteiger partial charge in [0.1, 0.15) is 13.0 Å². The summed E-state index contributed by atoms with van der Waals surface area (Å²) < 4.78 is 14.0. The van der Waals surface area contributed by atoms with Gasteiger partial charge >= 0.3 is 0 Å². The first kappa shape index (κ1) is 22.5. The van der Waals surface area contributed by atoms with Crippen LogP contribution in [-0.2, 0) is 16.2 Å². The molecule has 0 spiro atoms. The van der Waals surface area contributed by atoms with Gasteiger partial charge in [-0.1, -0.05) is 0 Å². The zero-order valence-electron chi connectivity index (χ0n) is 17.4. The van der Waals surface area contributed by atoms with Crippen LogP contribution in [-0.4, -0.2) is 75.2 Å². The third kappa shape index (κ3) is 4.75. The van der Waals surface area contributed by atoms with Crippen LogP contribution in [0, 0.1) is 0 Å². The number of fused-ring (bicyclic) bond motifs is 2. The number of rotatable bonds is 6. The predicted molar refractivity (Wildman–Crippen MR) is 114 cm³/mol. The molecule has 6 N–H and O–H groups in total. The molecule has 1 fully saturated rings. The molecule has 5 rings (SSSR count). The fraction of sp³-hybridized carbons (Fsp3) is 0.444. The van der Waals surface area contributed by atoms with Crippen molar-refractivity contribution in [2.75, 3.05) is 25.6 Å². The minimum absolute atomic E-state index is 0.0111. The Labute approximate surface area is 184 Å². The highest BCUT2D eigenvalue weighted by Gasteiger charge is 2.27. The lowest BCUT2D eigenvalue weighted by atomic mass is 10.2. The first-order valence-corrected chi connectivity index (χ1v) is 10.1. The molecule has 0 saturated carbocycles. The number of aromatic amines is 2. The van der Waals surface area contributed by atoms with Crippen molar-refractivity contribution in [1.29, 1.82) is 0 Å². The summed E-state index contributed by atoms with van der Waals surface area (Å²) in [5.41, 5.74) is 6.17. The van der Waals surface area contributed by atoms with Crippen molar-refractivity contribution < 1.29 is 19.7 Å². The smallest absolute Gasteiger partial charge is 0.280 e. The van der Waals surface area contributed by atoms with Crippen LogP contribution in [0.3, 0.4) is 0 Å². The van der Waals surface area contributed by atoms with Gasteiger partial charge in [-0.3, -0.25) is 23.7 Å². The molecule has 0 aliphatic carbocycles. The van der Waals surface area contributed by atoms with Crippen LogP contribution in [0.4, 0.5) is 5.95 Å². The number of anilines is 1. The van der Waals surface area contributed by atoms with Gasteiger partial charge in [0, 0.05) is 0 Å². The lowest BCUT2D eigenvalue weighted by molar-refractivity contribution is -0.0207. The summed E-state index contributed by atoms with van der Waals surface area (Å²) in [5.74, 6) is 0.0291. The monoisotopic (exact) mass is 461 g/mol. The van der Waals surface area contributed by atoms with Crippen molar-refractivity contribution in [3.8, 4) is 0 Å². The summed E-state index contributed by atoms with van der Waals surface area (Å²) >= 11 is 0. The number of aliphatic hydroxyl groups is 2. The molecule has 1 aliphatic rings. The SMILES string of the molecule is Nc1nc2c(ncn2COCCO)c(=O)[nH]1.O=c1[nH]cnc2c1ncn2[C@H]1CC[C@@H](CO)O1. The number of nitrogens with zero attached hydrogens (tertiary/aromatic N) is 6. The van der Waals surface area contributed by atoms with E-state index >= 15 is 0 Å². The average Bonchev–Trinajstić information content (AvgIpc) is 3.53. The summed E-state index contributed by atoms with van der Waals surface area (Å²) in [5, 5.41) is 17.6. The lowest BCUT2D eigenvalue weighted by Crippen LogP contribution is -2.14. The van der Waals surface area contributed by atoms with E-state index < -0.39 is 0 Å². The highest BCUT2D eigenvalue weighted by atomic mass is 16.5. The Morgan fingerprint density at radius 2 is 1.91 bits per heavy atom. The molecule has 5 heterocycles. The first-order valence-electron chi connectivity index (χ1n) is 10.1. The molecule has 0 unspecified atom stereocenters. The average molecular weight is 461 g/mol. The number of nitrogens with two attached hydrogens (primary N) is 1. The molecule has 1 aliphatic heterocycles. The van der Waals surface area contributed by atoms with E-state index in [1.165, 1.54) is 17.2 Å². The van der Waals surface area contributed by atoms with E-state index in [-0.39, 0.29) is 61.5 Å². The normalized spacial score (nSPS) is 18.0. The Morgan fingerprint density at radius 1 is 1.12 bits per heavy atom. The third-order valence-electron chi connectivity index (χ3n) is 4.92. The summed E-state index contributed by atoms with van der Waals surface area (Å²) in [4.78, 5) is 43.7. The molecule has 4 aromatic rings. The minimum atomic E-state index is -0.386. The van der Waals surface area contributed by atoms with Gasteiger partial charge in [0.05, 0.1) is 44.9 Å². The highest BCUT2D eigenvalue weighted by Crippen LogP contribution is 2.29. The van der Waals surface area contributed by atoms with E-state index in [2.05, 4.69) is 29.9 Å². The number of H-pyrrole nitrogens is 2. The summed E-state index contributed by atoms with van der Waals surface area (Å²) in [6.07, 6.45) is 5.57. The molecule has 4 aromatic heterocycles. The second-order valence-corrected chi connectivity index (χ2v) is 7.13. The van der Waals surface area contributed by atoms with E-state index in [1.54, 1.807) is 10.9 Å². The molecular weight excluding hydrogens is 438 g/mol. The lowest BCUT2D eigenvalue weighted by Gasteiger charge is -2.13. The first-order chi connectivity index (χ1) is 16.0. The van der Waals surface area contributed by atoms with E-state index in [4.69, 9.17) is 25.4 Å². The zero-order valence-corrected chi connectivity index (χ0v) is 17.4. The van der Waals surface area contributed by atoms with Crippen LogP contribution >= 0.6 is 0 Å². The minimum Gasteiger partial charge on any atom is -0.394 e. The van der Waals surface area contributed by atoms with Crippen molar-refractivity contribution in [3.05, 3.63) is 39.7 Å². The zero-order chi connectivity index (χ0) is 23.4. The highest BCUT2D eigenvalue weighted by molar-refractivity contribution is 5.70. The number of hydrogen-bond acceptors (Lipinski definition) is 11. The van der Waals surface area contributed by atoms with Gasteiger partial charge in [-0.05, 0) is 12.8 Å². The molecule has 0 aromatic carbocycles. The Hall–Kier alpha value is -3.66. The van der Waals surface area contributed by atoms with E-state index in [0.29, 0.717) is 16.8 Å². The Morgan fingerprint density at radius 3 is 2.67 bits per heavy atom. The molecule has 176 valence electrons. The topological polar surface area (TPSA) is 212 Å². The maximum atomic E-state index is 11.5. The van der Waals surface area contributed by atoms with E-state index in [1.807, 2.05) is 0 Å². The summed E-state index contributed by atoms with van der Waals surface area (Å²) in [6.45, 7) is 0.311. The molecule has 0 radical (unpaired) electrons. The molecule has 0 amide bonds. The van der Waals surface area contributed by atoms with E-state index in [0.717, 1.165) is 12.8 Å². The van der Waals surface area contributed by atoms with Gasteiger partial charge in [-0.15, -0.1) is 0 Å². The van der Waals surface area contributed by atoms with Crippen molar-refractivity contribution in [2.24, 2.45) is 0 Å². The summed E-state index contributed by atoms with van der Waals surface area (Å²) in [6, 6.07) is 0. The van der Waals surface area contributed by atoms with Crippen molar-refractivity contribution >= 4 is 28.3 Å². The van der Waals surface area contributed by atoms with Crippen LogP contribution in [0.25, 0.3) is 22.3 Å². The van der Waals surface area contributed by atoms with Crippen molar-refractivity contribution in [2.45, 2.75) is 31.9 Å². The Kier molecular flexibility index (Phi) is 6.74. The number of imidazole rings is 2. The number of ether oxygens (including phenoxy) is 2. The van der Waals surface area contributed by atoms with Gasteiger partial charge in [-0.25, -0.2) is 15.0 Å². The number of hydrogen-bond donors (Lipinski definition) is 5. The number of nitrogens with one attached hydrogen (secondary N) is 2. The predicted octanol–water partition coefficient (Wildman–Crippen LogP) is -1.54. The van der Waals surface area contributed by atoms with Gasteiger partial charge in [-0.2, -0.15) is 4.98 Å². The second kappa shape index (κ2) is 9.86. The van der Waals surface area contributed by atoms with Gasteiger partial charge < -0.3 is 30.4 Å². The van der Waals surface area contributed by atoms with Crippen molar-refractivity contribution in [3.63, 3.8) is 0 Å². The molecule has 0 bridgehead atoms. The molecule has 2 atom stereocenters. The Balaban J connectivity index is 0.000000157. The van der Waals surface area contributed by atoms with Crippen LogP contribution in [0.2, 0.25) is 0 Å².